The standard InChI is InChI=1S/C10H9BrClF3O/c11-6-1-2-8(12)7(5-6)9(16)3-4-10(13,14)15/h1-2,5,9,16H,3-4H2. The molecule has 1 N–H and O–H groups in total. The van der Waals surface area contributed by atoms with Crippen LogP contribution in [0.3, 0.4) is 0 Å². The lowest BCUT2D eigenvalue weighted by atomic mass is 10.0. The van der Waals surface area contributed by atoms with Crippen molar-refractivity contribution in [1.29, 1.82) is 0 Å². The molecule has 0 aliphatic heterocycles. The Labute approximate surface area is 104 Å². The van der Waals surface area contributed by atoms with Crippen molar-refractivity contribution in [3.8, 4) is 0 Å². The Kier molecular flexibility index (Phi) is 4.64. The zero-order chi connectivity index (χ0) is 12.3. The van der Waals surface area contributed by atoms with Gasteiger partial charge in [-0.15, -0.1) is 0 Å². The summed E-state index contributed by atoms with van der Waals surface area (Å²) in [5.41, 5.74) is 0.306. The van der Waals surface area contributed by atoms with E-state index in [-0.39, 0.29) is 11.4 Å². The summed E-state index contributed by atoms with van der Waals surface area (Å²) in [5.74, 6) is 0. The van der Waals surface area contributed by atoms with Crippen molar-refractivity contribution in [2.24, 2.45) is 0 Å². The Morgan fingerprint density at radius 2 is 2.00 bits per heavy atom. The van der Waals surface area contributed by atoms with Gasteiger partial charge in [0.05, 0.1) is 6.10 Å². The largest absolute Gasteiger partial charge is 0.389 e. The molecule has 0 radical (unpaired) electrons. The maximum atomic E-state index is 12.0. The fourth-order valence-electron chi connectivity index (χ4n) is 1.23. The van der Waals surface area contributed by atoms with Crippen LogP contribution in [0.1, 0.15) is 24.5 Å². The van der Waals surface area contributed by atoms with E-state index in [1.807, 2.05) is 0 Å². The topological polar surface area (TPSA) is 20.2 Å². The smallest absolute Gasteiger partial charge is 0.388 e. The lowest BCUT2D eigenvalue weighted by molar-refractivity contribution is -0.140. The molecular formula is C10H9BrClF3O. The molecule has 0 spiro atoms. The maximum absolute atomic E-state index is 12.0. The quantitative estimate of drug-likeness (QED) is 0.871. The predicted octanol–water partition coefficient (Wildman–Crippen LogP) is 4.48. The highest BCUT2D eigenvalue weighted by molar-refractivity contribution is 9.10. The van der Waals surface area contributed by atoms with Gasteiger partial charge < -0.3 is 5.11 Å². The zero-order valence-electron chi connectivity index (χ0n) is 8.06. The van der Waals surface area contributed by atoms with Gasteiger partial charge in [-0.1, -0.05) is 27.5 Å². The number of aliphatic hydroxyl groups excluding tert-OH is 1. The molecule has 1 aromatic rings. The van der Waals surface area contributed by atoms with E-state index >= 15 is 0 Å². The third-order valence-corrected chi connectivity index (χ3v) is 2.86. The third-order valence-electron chi connectivity index (χ3n) is 2.02. The van der Waals surface area contributed by atoms with Crippen LogP contribution in [0.4, 0.5) is 13.2 Å². The molecule has 0 fully saturated rings. The molecular weight excluding hydrogens is 308 g/mol. The number of rotatable bonds is 3. The molecule has 0 saturated heterocycles. The number of aliphatic hydroxyl groups is 1. The molecule has 1 atom stereocenters. The van der Waals surface area contributed by atoms with E-state index < -0.39 is 18.7 Å². The Bertz CT molecular complexity index is 368. The lowest BCUT2D eigenvalue weighted by Gasteiger charge is -2.14. The molecule has 0 bridgehead atoms. The molecule has 1 aromatic carbocycles. The minimum absolute atomic E-state index is 0.262. The summed E-state index contributed by atoms with van der Waals surface area (Å²) in [6, 6.07) is 4.70. The Hall–Kier alpha value is -0.260. The van der Waals surface area contributed by atoms with Gasteiger partial charge in [-0.05, 0) is 24.6 Å². The van der Waals surface area contributed by atoms with E-state index in [2.05, 4.69) is 15.9 Å². The van der Waals surface area contributed by atoms with E-state index in [1.54, 1.807) is 6.07 Å². The van der Waals surface area contributed by atoms with E-state index in [0.29, 0.717) is 10.0 Å². The molecule has 16 heavy (non-hydrogen) atoms. The Morgan fingerprint density at radius 1 is 1.38 bits per heavy atom. The molecule has 0 saturated carbocycles. The summed E-state index contributed by atoms with van der Waals surface area (Å²) in [5, 5.41) is 9.85. The van der Waals surface area contributed by atoms with E-state index in [9.17, 15) is 18.3 Å². The number of hydrogen-bond acceptors (Lipinski definition) is 1. The summed E-state index contributed by atoms with van der Waals surface area (Å²) >= 11 is 8.94. The second kappa shape index (κ2) is 5.38. The average molecular weight is 318 g/mol. The van der Waals surface area contributed by atoms with Crippen LogP contribution in [-0.2, 0) is 0 Å². The summed E-state index contributed by atoms with van der Waals surface area (Å²) < 4.78 is 36.5. The van der Waals surface area contributed by atoms with E-state index in [4.69, 9.17) is 11.6 Å². The highest BCUT2D eigenvalue weighted by Crippen LogP contribution is 2.32. The highest BCUT2D eigenvalue weighted by atomic mass is 79.9. The summed E-state index contributed by atoms with van der Waals surface area (Å²) in [7, 11) is 0. The normalized spacial score (nSPS) is 13.9. The van der Waals surface area contributed by atoms with Crippen molar-refractivity contribution in [1.82, 2.24) is 0 Å². The van der Waals surface area contributed by atoms with Gasteiger partial charge in [0.15, 0.2) is 0 Å². The first-order valence-corrected chi connectivity index (χ1v) is 5.66. The Morgan fingerprint density at radius 3 is 2.56 bits per heavy atom. The second-order valence-electron chi connectivity index (χ2n) is 3.34. The average Bonchev–Trinajstić information content (AvgIpc) is 2.17. The van der Waals surface area contributed by atoms with Gasteiger partial charge in [-0.25, -0.2) is 0 Å². The zero-order valence-corrected chi connectivity index (χ0v) is 10.4. The van der Waals surface area contributed by atoms with Crippen LogP contribution in [0.2, 0.25) is 5.02 Å². The van der Waals surface area contributed by atoms with Crippen LogP contribution >= 0.6 is 27.5 Å². The van der Waals surface area contributed by atoms with Gasteiger partial charge in [0.25, 0.3) is 0 Å². The van der Waals surface area contributed by atoms with Crippen LogP contribution < -0.4 is 0 Å². The third kappa shape index (κ3) is 4.31. The fraction of sp³-hybridized carbons (Fsp3) is 0.400. The van der Waals surface area contributed by atoms with Gasteiger partial charge >= 0.3 is 6.18 Å². The van der Waals surface area contributed by atoms with Gasteiger partial charge in [-0.3, -0.25) is 0 Å². The molecule has 90 valence electrons. The minimum Gasteiger partial charge on any atom is -0.388 e. The summed E-state index contributed by atoms with van der Waals surface area (Å²) in [6.07, 6.45) is -6.89. The summed E-state index contributed by atoms with van der Waals surface area (Å²) in [6.45, 7) is 0. The van der Waals surface area contributed by atoms with Gasteiger partial charge in [0.2, 0.25) is 0 Å². The van der Waals surface area contributed by atoms with Crippen molar-refractivity contribution >= 4 is 27.5 Å². The number of hydrogen-bond donors (Lipinski definition) is 1. The maximum Gasteiger partial charge on any atom is 0.389 e. The second-order valence-corrected chi connectivity index (χ2v) is 4.66. The fourth-order valence-corrected chi connectivity index (χ4v) is 1.85. The SMILES string of the molecule is OC(CCC(F)(F)F)c1cc(Br)ccc1Cl. The van der Waals surface area contributed by atoms with E-state index in [1.165, 1.54) is 12.1 Å². The highest BCUT2D eigenvalue weighted by Gasteiger charge is 2.28. The molecule has 1 unspecified atom stereocenters. The van der Waals surface area contributed by atoms with Crippen molar-refractivity contribution in [3.05, 3.63) is 33.3 Å². The van der Waals surface area contributed by atoms with Gasteiger partial charge in [0, 0.05) is 21.5 Å². The first kappa shape index (κ1) is 13.8. The van der Waals surface area contributed by atoms with Crippen molar-refractivity contribution in [2.45, 2.75) is 25.1 Å². The predicted molar refractivity (Wildman–Crippen MR) is 59.4 cm³/mol. The van der Waals surface area contributed by atoms with E-state index in [0.717, 1.165) is 0 Å². The van der Waals surface area contributed by atoms with Crippen LogP contribution in [0.5, 0.6) is 0 Å². The number of alkyl halides is 3. The monoisotopic (exact) mass is 316 g/mol. The molecule has 1 rings (SSSR count). The molecule has 0 heterocycles. The van der Waals surface area contributed by atoms with Crippen LogP contribution in [-0.4, -0.2) is 11.3 Å². The van der Waals surface area contributed by atoms with Crippen molar-refractivity contribution in [3.63, 3.8) is 0 Å². The number of halogens is 5. The summed E-state index contributed by atoms with van der Waals surface area (Å²) in [4.78, 5) is 0. The molecule has 0 aliphatic carbocycles. The first-order valence-electron chi connectivity index (χ1n) is 4.49. The van der Waals surface area contributed by atoms with Crippen LogP contribution in [0.25, 0.3) is 0 Å². The minimum atomic E-state index is -4.26. The van der Waals surface area contributed by atoms with Crippen LogP contribution in [0, 0.1) is 0 Å². The molecule has 0 aromatic heterocycles. The molecule has 0 amide bonds. The first-order chi connectivity index (χ1) is 7.29. The molecule has 6 heteroatoms. The molecule has 0 aliphatic rings. The lowest BCUT2D eigenvalue weighted by Crippen LogP contribution is -2.10. The van der Waals surface area contributed by atoms with Gasteiger partial charge in [0.1, 0.15) is 0 Å². The molecule has 1 nitrogen and oxygen atoms in total. The Balaban J connectivity index is 2.73. The number of benzene rings is 1. The van der Waals surface area contributed by atoms with Gasteiger partial charge in [-0.2, -0.15) is 13.2 Å². The van der Waals surface area contributed by atoms with Crippen molar-refractivity contribution in [2.75, 3.05) is 0 Å². The van der Waals surface area contributed by atoms with Crippen LogP contribution in [0.15, 0.2) is 22.7 Å². The van der Waals surface area contributed by atoms with Crippen molar-refractivity contribution < 1.29 is 18.3 Å².